The van der Waals surface area contributed by atoms with Crippen molar-refractivity contribution in [2.24, 2.45) is 0 Å². The van der Waals surface area contributed by atoms with E-state index in [-0.39, 0.29) is 0 Å². The van der Waals surface area contributed by atoms with E-state index < -0.39 is 0 Å². The number of para-hydroxylation sites is 3. The second kappa shape index (κ2) is 7.13. The Labute approximate surface area is 227 Å². The van der Waals surface area contributed by atoms with Gasteiger partial charge in [0, 0.05) is 49.3 Å². The van der Waals surface area contributed by atoms with Crippen LogP contribution in [0.5, 0.6) is 0 Å². The zero-order valence-corrected chi connectivity index (χ0v) is 21.3. The summed E-state index contributed by atoms with van der Waals surface area (Å²) in [6.07, 6.45) is 1.85. The molecule has 10 aromatic rings. The van der Waals surface area contributed by atoms with Crippen LogP contribution >= 0.6 is 0 Å². The summed E-state index contributed by atoms with van der Waals surface area (Å²) in [4.78, 5) is 9.99. The molecule has 0 aliphatic carbocycles. The van der Waals surface area contributed by atoms with E-state index in [1.807, 2.05) is 12.3 Å². The van der Waals surface area contributed by atoms with E-state index in [1.165, 1.54) is 54.4 Å². The number of rotatable bonds is 1. The molecule has 10 rings (SSSR count). The average Bonchev–Trinajstić information content (AvgIpc) is 3.65. The lowest BCUT2D eigenvalue weighted by Gasteiger charge is -2.10. The van der Waals surface area contributed by atoms with Crippen molar-refractivity contribution < 1.29 is 0 Å². The molecule has 0 amide bonds. The van der Waals surface area contributed by atoms with Gasteiger partial charge in [-0.2, -0.15) is 0 Å². The van der Waals surface area contributed by atoms with Crippen LogP contribution in [0, 0.1) is 0 Å². The first-order valence-electron chi connectivity index (χ1n) is 13.6. The monoisotopic (exact) mass is 508 g/mol. The van der Waals surface area contributed by atoms with Gasteiger partial charge in [-0.25, -0.2) is 4.98 Å². The summed E-state index contributed by atoms with van der Waals surface area (Å²) < 4.78 is 4.79. The summed E-state index contributed by atoms with van der Waals surface area (Å²) in [5.74, 6) is 0.901. The average molecular weight is 509 g/mol. The molecule has 0 saturated carbocycles. The van der Waals surface area contributed by atoms with Gasteiger partial charge >= 0.3 is 0 Å². The van der Waals surface area contributed by atoms with Crippen LogP contribution < -0.4 is 0 Å². The molecule has 0 N–H and O–H groups in total. The Hall–Kier alpha value is -5.48. The first kappa shape index (κ1) is 20.5. The van der Waals surface area contributed by atoms with E-state index in [0.717, 1.165) is 33.1 Å². The number of hydrogen-bond donors (Lipinski definition) is 0. The molecule has 5 aromatic carbocycles. The maximum absolute atomic E-state index is 5.28. The maximum Gasteiger partial charge on any atom is 0.138 e. The van der Waals surface area contributed by atoms with Gasteiger partial charge in [0.15, 0.2) is 0 Å². The normalized spacial score (nSPS) is 12.5. The van der Waals surface area contributed by atoms with Crippen molar-refractivity contribution in [2.75, 3.05) is 0 Å². The minimum atomic E-state index is 0.901. The molecule has 0 bridgehead atoms. The molecule has 0 radical (unpaired) electrons. The van der Waals surface area contributed by atoms with Crippen molar-refractivity contribution in [1.82, 2.24) is 18.9 Å². The summed E-state index contributed by atoms with van der Waals surface area (Å²) >= 11 is 0. The van der Waals surface area contributed by atoms with Gasteiger partial charge in [0.25, 0.3) is 0 Å². The van der Waals surface area contributed by atoms with Crippen LogP contribution in [0.1, 0.15) is 0 Å². The summed E-state index contributed by atoms with van der Waals surface area (Å²) in [6, 6.07) is 41.3. The van der Waals surface area contributed by atoms with Crippen LogP contribution in [0.2, 0.25) is 0 Å². The molecule has 0 atom stereocenters. The molecule has 4 nitrogen and oxygen atoms in total. The lowest BCUT2D eigenvalue weighted by molar-refractivity contribution is 1.10. The Balaban J connectivity index is 1.46. The van der Waals surface area contributed by atoms with Crippen LogP contribution in [0.4, 0.5) is 0 Å². The lowest BCUT2D eigenvalue weighted by atomic mass is 10.0. The number of pyridine rings is 2. The number of aromatic nitrogens is 4. The predicted molar refractivity (Wildman–Crippen MR) is 166 cm³/mol. The molecular weight excluding hydrogens is 488 g/mol. The topological polar surface area (TPSA) is 35.1 Å². The molecule has 184 valence electrons. The lowest BCUT2D eigenvalue weighted by Crippen LogP contribution is -1.98. The number of hydrogen-bond acceptors (Lipinski definition) is 2. The first-order valence-corrected chi connectivity index (χ1v) is 13.6. The van der Waals surface area contributed by atoms with Crippen LogP contribution in [-0.4, -0.2) is 18.9 Å². The van der Waals surface area contributed by atoms with Crippen molar-refractivity contribution in [2.45, 2.75) is 0 Å². The van der Waals surface area contributed by atoms with Crippen molar-refractivity contribution in [1.29, 1.82) is 0 Å². The molecule has 5 heterocycles. The summed E-state index contributed by atoms with van der Waals surface area (Å²) in [7, 11) is 0. The number of benzene rings is 5. The van der Waals surface area contributed by atoms with Gasteiger partial charge in [-0.05, 0) is 42.5 Å². The SMILES string of the molecule is c1cnc2c(c1)ccc1ccc(-n3c4ccccc4c4c5c6ccccc6n6c7ccccc7c(cc43)c56)nc12. The second-order valence-corrected chi connectivity index (χ2v) is 10.6. The van der Waals surface area contributed by atoms with E-state index in [0.29, 0.717) is 0 Å². The van der Waals surface area contributed by atoms with Crippen LogP contribution in [0.25, 0.3) is 87.5 Å². The molecule has 0 unspecified atom stereocenters. The minimum Gasteiger partial charge on any atom is -0.308 e. The second-order valence-electron chi connectivity index (χ2n) is 10.6. The fourth-order valence-electron chi connectivity index (χ4n) is 7.05. The standard InChI is InChI=1S/C36H20N4/c1-4-12-27-23(9-1)26-20-30-32(33-25-11-3-6-14-29(25)40(27)36(26)33)24-10-2-5-13-28(24)39(30)31-18-17-22-16-15-21-8-7-19-37-34(21)35(22)38-31/h1-20H. The molecule has 0 aliphatic rings. The minimum absolute atomic E-state index is 0.901. The van der Waals surface area contributed by atoms with E-state index in [9.17, 15) is 0 Å². The van der Waals surface area contributed by atoms with E-state index in [4.69, 9.17) is 9.97 Å². The van der Waals surface area contributed by atoms with Gasteiger partial charge in [-0.15, -0.1) is 0 Å². The zero-order chi connectivity index (χ0) is 25.9. The molecule has 5 aromatic heterocycles. The smallest absolute Gasteiger partial charge is 0.138 e. The Morgan fingerprint density at radius 1 is 0.475 bits per heavy atom. The molecule has 40 heavy (non-hydrogen) atoms. The van der Waals surface area contributed by atoms with Gasteiger partial charge < -0.3 is 4.40 Å². The van der Waals surface area contributed by atoms with Gasteiger partial charge in [-0.3, -0.25) is 9.55 Å². The summed E-state index contributed by atoms with van der Waals surface area (Å²) in [6.45, 7) is 0. The number of nitrogens with zero attached hydrogens (tertiary/aromatic N) is 4. The van der Waals surface area contributed by atoms with E-state index in [2.05, 4.69) is 118 Å². The van der Waals surface area contributed by atoms with Gasteiger partial charge in [0.05, 0.1) is 38.6 Å². The molecular formula is C36H20N4. The van der Waals surface area contributed by atoms with Gasteiger partial charge in [0.2, 0.25) is 0 Å². The molecule has 4 heteroatoms. The van der Waals surface area contributed by atoms with Crippen molar-refractivity contribution in [3.05, 3.63) is 121 Å². The summed E-state index contributed by atoms with van der Waals surface area (Å²) in [5, 5.41) is 9.83. The van der Waals surface area contributed by atoms with Crippen molar-refractivity contribution >= 4 is 81.7 Å². The van der Waals surface area contributed by atoms with Gasteiger partial charge in [0.1, 0.15) is 5.82 Å². The van der Waals surface area contributed by atoms with Crippen LogP contribution in [0.3, 0.4) is 0 Å². The van der Waals surface area contributed by atoms with E-state index in [1.54, 1.807) is 0 Å². The third-order valence-corrected chi connectivity index (χ3v) is 8.65. The van der Waals surface area contributed by atoms with Crippen molar-refractivity contribution in [3.8, 4) is 5.82 Å². The third-order valence-electron chi connectivity index (χ3n) is 8.65. The van der Waals surface area contributed by atoms with E-state index >= 15 is 0 Å². The Bertz CT molecular complexity index is 2660. The molecule has 0 saturated heterocycles. The summed E-state index contributed by atoms with van der Waals surface area (Å²) in [5.41, 5.74) is 7.96. The number of fused-ring (bicyclic) bond motifs is 13. The Kier molecular flexibility index (Phi) is 3.65. The highest BCUT2D eigenvalue weighted by Gasteiger charge is 2.24. The predicted octanol–water partition coefficient (Wildman–Crippen LogP) is 9.03. The Morgan fingerprint density at radius 3 is 1.95 bits per heavy atom. The molecule has 0 spiro atoms. The zero-order valence-electron chi connectivity index (χ0n) is 21.3. The molecule has 0 aliphatic heterocycles. The first-order chi connectivity index (χ1) is 19.9. The highest BCUT2D eigenvalue weighted by Crippen LogP contribution is 2.46. The van der Waals surface area contributed by atoms with Crippen molar-refractivity contribution in [3.63, 3.8) is 0 Å². The maximum atomic E-state index is 5.28. The molecule has 0 fully saturated rings. The van der Waals surface area contributed by atoms with Crippen LogP contribution in [-0.2, 0) is 0 Å². The fourth-order valence-corrected chi connectivity index (χ4v) is 7.05. The highest BCUT2D eigenvalue weighted by molar-refractivity contribution is 6.35. The quantitative estimate of drug-likeness (QED) is 0.207. The Morgan fingerprint density at radius 2 is 1.12 bits per heavy atom. The third kappa shape index (κ3) is 2.38. The fraction of sp³-hybridized carbons (Fsp3) is 0. The highest BCUT2D eigenvalue weighted by atomic mass is 15.1. The van der Waals surface area contributed by atoms with Gasteiger partial charge in [-0.1, -0.05) is 72.8 Å². The van der Waals surface area contributed by atoms with Crippen LogP contribution in [0.15, 0.2) is 121 Å². The largest absolute Gasteiger partial charge is 0.308 e.